The summed E-state index contributed by atoms with van der Waals surface area (Å²) < 4.78 is 11.8. The molecule has 0 bridgehead atoms. The van der Waals surface area contributed by atoms with Crippen LogP contribution < -0.4 is 5.32 Å². The number of rotatable bonds is 6. The van der Waals surface area contributed by atoms with Gasteiger partial charge in [0.25, 0.3) is 0 Å². The van der Waals surface area contributed by atoms with E-state index in [0.29, 0.717) is 13.2 Å². The van der Waals surface area contributed by atoms with E-state index in [1.165, 1.54) is 5.56 Å². The van der Waals surface area contributed by atoms with E-state index in [1.54, 1.807) is 0 Å². The number of alkyl carbamates (subject to hydrolysis) is 1. The Morgan fingerprint density at radius 2 is 1.65 bits per heavy atom. The fourth-order valence-electron chi connectivity index (χ4n) is 2.98. The zero-order valence-corrected chi connectivity index (χ0v) is 21.7. The van der Waals surface area contributed by atoms with Crippen LogP contribution in [-0.4, -0.2) is 20.0 Å². The summed E-state index contributed by atoms with van der Waals surface area (Å²) in [5.41, 5.74) is 5.23. The van der Waals surface area contributed by atoms with Gasteiger partial charge in [-0.05, 0) is 79.7 Å². The Hall–Kier alpha value is -2.11. The van der Waals surface area contributed by atoms with Crippen LogP contribution >= 0.6 is 0 Å². The predicted octanol–water partition coefficient (Wildman–Crippen LogP) is 7.21. The molecular formula is C26H39NO3Si. The van der Waals surface area contributed by atoms with Crippen molar-refractivity contribution in [1.82, 2.24) is 5.32 Å². The van der Waals surface area contributed by atoms with Crippen LogP contribution in [0.4, 0.5) is 4.79 Å². The molecule has 5 heteroatoms. The summed E-state index contributed by atoms with van der Waals surface area (Å²) in [6.07, 6.45) is -0.401. The predicted molar refractivity (Wildman–Crippen MR) is 132 cm³/mol. The first-order chi connectivity index (χ1) is 14.2. The molecule has 2 aromatic carbocycles. The highest BCUT2D eigenvalue weighted by Crippen LogP contribution is 2.37. The number of carbonyl (C=O) groups excluding carboxylic acids is 1. The summed E-state index contributed by atoms with van der Waals surface area (Å²) in [6, 6.07) is 14.8. The Balaban J connectivity index is 2.16. The van der Waals surface area contributed by atoms with Gasteiger partial charge in [0.1, 0.15) is 5.60 Å². The van der Waals surface area contributed by atoms with Crippen molar-refractivity contribution in [3.63, 3.8) is 0 Å². The van der Waals surface area contributed by atoms with E-state index >= 15 is 0 Å². The van der Waals surface area contributed by atoms with Crippen LogP contribution in [0.25, 0.3) is 11.1 Å². The largest absolute Gasteiger partial charge is 0.444 e. The topological polar surface area (TPSA) is 47.6 Å². The molecule has 0 heterocycles. The van der Waals surface area contributed by atoms with Gasteiger partial charge in [0.15, 0.2) is 8.32 Å². The Morgan fingerprint density at radius 1 is 1.00 bits per heavy atom. The van der Waals surface area contributed by atoms with Gasteiger partial charge in [-0.15, -0.1) is 0 Å². The summed E-state index contributed by atoms with van der Waals surface area (Å²) in [5.74, 6) is 0. The molecule has 0 aliphatic carbocycles. The van der Waals surface area contributed by atoms with Crippen molar-refractivity contribution in [3.05, 3.63) is 59.2 Å². The van der Waals surface area contributed by atoms with E-state index in [9.17, 15) is 4.79 Å². The molecule has 0 fully saturated rings. The van der Waals surface area contributed by atoms with Gasteiger partial charge in [-0.25, -0.2) is 4.79 Å². The first-order valence-corrected chi connectivity index (χ1v) is 13.9. The highest BCUT2D eigenvalue weighted by molar-refractivity contribution is 6.74. The number of hydrogen-bond donors (Lipinski definition) is 1. The average molecular weight is 442 g/mol. The van der Waals surface area contributed by atoms with Gasteiger partial charge in [0.2, 0.25) is 0 Å². The molecule has 0 aliphatic heterocycles. The quantitative estimate of drug-likeness (QED) is 0.482. The van der Waals surface area contributed by atoms with E-state index in [0.717, 1.165) is 22.3 Å². The molecule has 0 saturated carbocycles. The molecule has 0 atom stereocenters. The van der Waals surface area contributed by atoms with Crippen LogP contribution in [0.1, 0.15) is 58.2 Å². The lowest BCUT2D eigenvalue weighted by Crippen LogP contribution is -2.40. The Bertz CT molecular complexity index is 908. The van der Waals surface area contributed by atoms with Gasteiger partial charge in [0.05, 0.1) is 6.61 Å². The van der Waals surface area contributed by atoms with Crippen molar-refractivity contribution in [1.29, 1.82) is 0 Å². The lowest BCUT2D eigenvalue weighted by Gasteiger charge is -2.36. The molecule has 0 spiro atoms. The fraction of sp³-hybridized carbons (Fsp3) is 0.500. The van der Waals surface area contributed by atoms with Crippen LogP contribution in [0.15, 0.2) is 42.5 Å². The highest BCUT2D eigenvalue weighted by atomic mass is 28.4. The summed E-state index contributed by atoms with van der Waals surface area (Å²) in [7, 11) is -1.80. The zero-order chi connectivity index (χ0) is 23.4. The minimum atomic E-state index is -1.80. The fourth-order valence-corrected chi connectivity index (χ4v) is 3.94. The normalized spacial score (nSPS) is 12.5. The second kappa shape index (κ2) is 9.57. The van der Waals surface area contributed by atoms with Gasteiger partial charge < -0.3 is 14.5 Å². The Labute approximate surface area is 189 Å². The van der Waals surface area contributed by atoms with E-state index in [-0.39, 0.29) is 5.04 Å². The molecule has 31 heavy (non-hydrogen) atoms. The third-order valence-corrected chi connectivity index (χ3v) is 10.4. The van der Waals surface area contributed by atoms with Crippen LogP contribution in [0, 0.1) is 6.92 Å². The molecule has 4 nitrogen and oxygen atoms in total. The molecule has 2 aromatic rings. The van der Waals surface area contributed by atoms with E-state index in [1.807, 2.05) is 32.9 Å². The van der Waals surface area contributed by atoms with Crippen LogP contribution in [-0.2, 0) is 22.3 Å². The standard InChI is InChI=1S/C26H39NO3Si/c1-19-22(17-27-24(28)30-25(2,3)4)14-11-15-23(19)21-13-10-12-20(16-21)18-29-31(8,9)26(5,6)7/h10-16H,17-18H2,1-9H3,(H,27,28). The van der Waals surface area contributed by atoms with E-state index in [2.05, 4.69) is 76.4 Å². The summed E-state index contributed by atoms with van der Waals surface area (Å²) in [4.78, 5) is 12.0. The molecule has 170 valence electrons. The maximum atomic E-state index is 12.0. The highest BCUT2D eigenvalue weighted by Gasteiger charge is 2.37. The van der Waals surface area contributed by atoms with Crippen LogP contribution in [0.5, 0.6) is 0 Å². The molecule has 0 aromatic heterocycles. The van der Waals surface area contributed by atoms with Crippen molar-refractivity contribution in [2.75, 3.05) is 0 Å². The van der Waals surface area contributed by atoms with Crippen molar-refractivity contribution < 1.29 is 14.0 Å². The van der Waals surface area contributed by atoms with E-state index < -0.39 is 20.0 Å². The number of nitrogens with one attached hydrogen (secondary N) is 1. The second-order valence-electron chi connectivity index (χ2n) is 10.7. The van der Waals surface area contributed by atoms with Crippen molar-refractivity contribution in [3.8, 4) is 11.1 Å². The van der Waals surface area contributed by atoms with Crippen molar-refractivity contribution in [2.24, 2.45) is 0 Å². The average Bonchev–Trinajstić information content (AvgIpc) is 2.63. The van der Waals surface area contributed by atoms with Gasteiger partial charge in [-0.3, -0.25) is 0 Å². The zero-order valence-electron chi connectivity index (χ0n) is 20.7. The number of carbonyl (C=O) groups is 1. The van der Waals surface area contributed by atoms with Gasteiger partial charge >= 0.3 is 6.09 Å². The summed E-state index contributed by atoms with van der Waals surface area (Å²) in [5, 5.41) is 3.05. The number of amides is 1. The Kier molecular flexibility index (Phi) is 7.77. The van der Waals surface area contributed by atoms with Crippen LogP contribution in [0.2, 0.25) is 18.1 Å². The summed E-state index contributed by atoms with van der Waals surface area (Å²) >= 11 is 0. The molecule has 1 N–H and O–H groups in total. The SMILES string of the molecule is Cc1c(CNC(=O)OC(C)(C)C)cccc1-c1cccc(CO[Si](C)(C)C(C)(C)C)c1. The van der Waals surface area contributed by atoms with Crippen molar-refractivity contribution >= 4 is 14.4 Å². The molecule has 0 radical (unpaired) electrons. The molecule has 0 saturated heterocycles. The Morgan fingerprint density at radius 3 is 2.26 bits per heavy atom. The molecule has 2 rings (SSSR count). The maximum absolute atomic E-state index is 12.0. The number of benzene rings is 2. The first kappa shape index (κ1) is 25.2. The maximum Gasteiger partial charge on any atom is 0.407 e. The van der Waals surface area contributed by atoms with E-state index in [4.69, 9.17) is 9.16 Å². The van der Waals surface area contributed by atoms with Gasteiger partial charge in [0, 0.05) is 6.54 Å². The summed E-state index contributed by atoms with van der Waals surface area (Å²) in [6.45, 7) is 20.1. The molecule has 0 unspecified atom stereocenters. The first-order valence-electron chi connectivity index (χ1n) is 11.0. The smallest absolute Gasteiger partial charge is 0.407 e. The molecule has 0 aliphatic rings. The number of hydrogen-bond acceptors (Lipinski definition) is 3. The lowest BCUT2D eigenvalue weighted by molar-refractivity contribution is 0.0523. The third kappa shape index (κ3) is 7.22. The lowest BCUT2D eigenvalue weighted by atomic mass is 9.95. The van der Waals surface area contributed by atoms with Gasteiger partial charge in [-0.2, -0.15) is 0 Å². The second-order valence-corrected chi connectivity index (χ2v) is 15.5. The van der Waals surface area contributed by atoms with Crippen LogP contribution in [0.3, 0.4) is 0 Å². The monoisotopic (exact) mass is 441 g/mol. The minimum Gasteiger partial charge on any atom is -0.444 e. The third-order valence-electron chi connectivity index (χ3n) is 5.91. The van der Waals surface area contributed by atoms with Crippen molar-refractivity contribution in [2.45, 2.75) is 85.4 Å². The minimum absolute atomic E-state index is 0.191. The van der Waals surface area contributed by atoms with Gasteiger partial charge in [-0.1, -0.05) is 57.2 Å². The number of ether oxygens (including phenoxy) is 1. The molecular weight excluding hydrogens is 402 g/mol. The molecule has 1 amide bonds.